The Morgan fingerprint density at radius 3 is 2.90 bits per heavy atom. The first-order chi connectivity index (χ1) is 15.1. The van der Waals surface area contributed by atoms with Gasteiger partial charge in [0.1, 0.15) is 0 Å². The van der Waals surface area contributed by atoms with Crippen molar-refractivity contribution >= 4 is 29.0 Å². The number of nitrogen functional groups attached to an aromatic ring is 1. The molecule has 2 aromatic heterocycles. The molecular weight excluding hydrogens is 412 g/mol. The molecule has 1 aliphatic heterocycles. The summed E-state index contributed by atoms with van der Waals surface area (Å²) in [7, 11) is 0. The largest absolute Gasteiger partial charge is 0.382 e. The van der Waals surface area contributed by atoms with Gasteiger partial charge in [-0.25, -0.2) is 9.97 Å². The number of benzene rings is 1. The molecule has 0 radical (unpaired) electrons. The third kappa shape index (κ3) is 5.25. The Labute approximate surface area is 184 Å². The standard InChI is InChI=1S/C22H24N6O2S/c23-20-19(22(30)27-16-6-2-8-24-12-16)28-17(13-25-20)15-5-1-4-14(10-15)11-26-21(29)18-7-3-9-31-18/h1,3-5,7,9-10,13,16,24H,2,6,8,11-12H2,(H2,23,25)(H,26,29)(H,27,30)/t16-/m0/s1. The lowest BCUT2D eigenvalue weighted by atomic mass is 10.1. The number of carbonyl (C=O) groups is 2. The molecule has 5 N–H and O–H groups in total. The molecule has 160 valence electrons. The number of nitrogens with one attached hydrogen (secondary N) is 3. The summed E-state index contributed by atoms with van der Waals surface area (Å²) in [6.07, 6.45) is 3.49. The van der Waals surface area contributed by atoms with Crippen molar-refractivity contribution in [1.29, 1.82) is 0 Å². The first-order valence-corrected chi connectivity index (χ1v) is 11.0. The topological polar surface area (TPSA) is 122 Å². The monoisotopic (exact) mass is 436 g/mol. The van der Waals surface area contributed by atoms with E-state index in [9.17, 15) is 9.59 Å². The van der Waals surface area contributed by atoms with E-state index in [0.717, 1.165) is 37.1 Å². The zero-order chi connectivity index (χ0) is 21.6. The van der Waals surface area contributed by atoms with Crippen molar-refractivity contribution in [1.82, 2.24) is 25.9 Å². The maximum absolute atomic E-state index is 12.7. The molecule has 0 bridgehead atoms. The average Bonchev–Trinajstić information content (AvgIpc) is 3.34. The third-order valence-corrected chi connectivity index (χ3v) is 5.94. The van der Waals surface area contributed by atoms with Gasteiger partial charge < -0.3 is 21.7 Å². The SMILES string of the molecule is Nc1ncc(-c2cccc(CNC(=O)c3cccs3)c2)nc1C(=O)N[C@H]1CCCNC1. The number of nitrogens with two attached hydrogens (primary N) is 1. The van der Waals surface area contributed by atoms with Gasteiger partial charge in [-0.2, -0.15) is 0 Å². The van der Waals surface area contributed by atoms with E-state index in [-0.39, 0.29) is 29.4 Å². The number of carbonyl (C=O) groups excluding carboxylic acids is 2. The van der Waals surface area contributed by atoms with E-state index in [4.69, 9.17) is 5.73 Å². The van der Waals surface area contributed by atoms with E-state index in [1.54, 1.807) is 12.3 Å². The molecule has 3 heterocycles. The molecule has 4 rings (SSSR count). The van der Waals surface area contributed by atoms with Gasteiger partial charge in [-0.3, -0.25) is 9.59 Å². The van der Waals surface area contributed by atoms with Gasteiger partial charge in [-0.1, -0.05) is 24.3 Å². The smallest absolute Gasteiger partial charge is 0.274 e. The zero-order valence-corrected chi connectivity index (χ0v) is 17.7. The van der Waals surface area contributed by atoms with Gasteiger partial charge in [0.25, 0.3) is 11.8 Å². The van der Waals surface area contributed by atoms with E-state index in [1.807, 2.05) is 35.7 Å². The summed E-state index contributed by atoms with van der Waals surface area (Å²) in [5, 5.41) is 11.0. The summed E-state index contributed by atoms with van der Waals surface area (Å²) in [5.74, 6) is -0.326. The Balaban J connectivity index is 1.47. The van der Waals surface area contributed by atoms with Crippen LogP contribution >= 0.6 is 11.3 Å². The fraction of sp³-hybridized carbons (Fsp3) is 0.273. The van der Waals surface area contributed by atoms with Crippen LogP contribution in [0, 0.1) is 0 Å². The van der Waals surface area contributed by atoms with Crippen LogP contribution in [0.5, 0.6) is 0 Å². The Hall–Kier alpha value is -3.30. The number of hydrogen-bond donors (Lipinski definition) is 4. The van der Waals surface area contributed by atoms with Gasteiger partial charge in [0.15, 0.2) is 11.5 Å². The number of aromatic nitrogens is 2. The summed E-state index contributed by atoms with van der Waals surface area (Å²) in [5.41, 5.74) is 8.32. The molecule has 1 aromatic carbocycles. The van der Waals surface area contributed by atoms with E-state index in [0.29, 0.717) is 17.1 Å². The highest BCUT2D eigenvalue weighted by Crippen LogP contribution is 2.20. The van der Waals surface area contributed by atoms with Gasteiger partial charge in [-0.15, -0.1) is 11.3 Å². The number of amides is 2. The average molecular weight is 437 g/mol. The van der Waals surface area contributed by atoms with Crippen LogP contribution in [0.4, 0.5) is 5.82 Å². The van der Waals surface area contributed by atoms with Gasteiger partial charge >= 0.3 is 0 Å². The molecule has 8 nitrogen and oxygen atoms in total. The molecule has 31 heavy (non-hydrogen) atoms. The van der Waals surface area contributed by atoms with Crippen LogP contribution in [0.1, 0.15) is 38.6 Å². The summed E-state index contributed by atoms with van der Waals surface area (Å²) >= 11 is 1.40. The van der Waals surface area contributed by atoms with Gasteiger partial charge in [0, 0.05) is 24.7 Å². The van der Waals surface area contributed by atoms with Gasteiger partial charge in [0.2, 0.25) is 0 Å². The van der Waals surface area contributed by atoms with E-state index >= 15 is 0 Å². The second-order valence-electron chi connectivity index (χ2n) is 7.37. The number of thiophene rings is 1. The fourth-order valence-electron chi connectivity index (χ4n) is 3.45. The van der Waals surface area contributed by atoms with Gasteiger partial charge in [-0.05, 0) is 42.5 Å². The summed E-state index contributed by atoms with van der Waals surface area (Å²) < 4.78 is 0. The molecule has 1 fully saturated rings. The quantitative estimate of drug-likeness (QED) is 0.470. The Bertz CT molecular complexity index is 1060. The number of hydrogen-bond acceptors (Lipinski definition) is 7. The molecule has 2 amide bonds. The molecule has 1 atom stereocenters. The highest BCUT2D eigenvalue weighted by Gasteiger charge is 2.20. The van der Waals surface area contributed by atoms with Crippen LogP contribution in [-0.2, 0) is 6.54 Å². The van der Waals surface area contributed by atoms with Crippen molar-refractivity contribution < 1.29 is 9.59 Å². The molecule has 0 saturated carbocycles. The first kappa shape index (κ1) is 21.0. The van der Waals surface area contributed by atoms with Crippen molar-refractivity contribution in [3.8, 4) is 11.3 Å². The van der Waals surface area contributed by atoms with Crippen molar-refractivity contribution in [2.24, 2.45) is 0 Å². The lowest BCUT2D eigenvalue weighted by Crippen LogP contribution is -2.46. The Morgan fingerprint density at radius 2 is 2.13 bits per heavy atom. The molecular formula is C22H24N6O2S. The molecule has 0 spiro atoms. The lowest BCUT2D eigenvalue weighted by Gasteiger charge is -2.23. The molecule has 0 unspecified atom stereocenters. The third-order valence-electron chi connectivity index (χ3n) is 5.07. The predicted octanol–water partition coefficient (Wildman–Crippen LogP) is 2.20. The highest BCUT2D eigenvalue weighted by atomic mass is 32.1. The number of anilines is 1. The van der Waals surface area contributed by atoms with Crippen molar-refractivity contribution in [3.05, 3.63) is 64.1 Å². The van der Waals surface area contributed by atoms with Crippen molar-refractivity contribution in [2.75, 3.05) is 18.8 Å². The van der Waals surface area contributed by atoms with Crippen LogP contribution in [0.25, 0.3) is 11.3 Å². The second kappa shape index (κ2) is 9.67. The van der Waals surface area contributed by atoms with E-state index in [2.05, 4.69) is 25.9 Å². The number of rotatable bonds is 6. The maximum Gasteiger partial charge on any atom is 0.274 e. The van der Waals surface area contributed by atoms with Crippen LogP contribution in [0.15, 0.2) is 48.0 Å². The fourth-order valence-corrected chi connectivity index (χ4v) is 4.09. The first-order valence-electron chi connectivity index (χ1n) is 10.2. The van der Waals surface area contributed by atoms with Crippen molar-refractivity contribution in [2.45, 2.75) is 25.4 Å². The van der Waals surface area contributed by atoms with E-state index in [1.165, 1.54) is 11.3 Å². The Morgan fingerprint density at radius 1 is 1.23 bits per heavy atom. The minimum atomic E-state index is -0.320. The second-order valence-corrected chi connectivity index (χ2v) is 8.31. The lowest BCUT2D eigenvalue weighted by molar-refractivity contribution is 0.0924. The molecule has 1 aliphatic rings. The zero-order valence-electron chi connectivity index (χ0n) is 16.9. The summed E-state index contributed by atoms with van der Waals surface area (Å²) in [6, 6.07) is 11.3. The maximum atomic E-state index is 12.7. The van der Waals surface area contributed by atoms with Gasteiger partial charge in [0.05, 0.1) is 16.8 Å². The predicted molar refractivity (Wildman–Crippen MR) is 121 cm³/mol. The number of piperidine rings is 1. The minimum absolute atomic E-state index is 0.0568. The Kier molecular flexibility index (Phi) is 6.54. The number of nitrogens with zero attached hydrogens (tertiary/aromatic N) is 2. The molecule has 0 aliphatic carbocycles. The van der Waals surface area contributed by atoms with Crippen molar-refractivity contribution in [3.63, 3.8) is 0 Å². The molecule has 3 aromatic rings. The van der Waals surface area contributed by atoms with Crippen LogP contribution in [0.3, 0.4) is 0 Å². The minimum Gasteiger partial charge on any atom is -0.382 e. The van der Waals surface area contributed by atoms with Crippen LogP contribution in [-0.4, -0.2) is 40.9 Å². The van der Waals surface area contributed by atoms with E-state index < -0.39 is 0 Å². The summed E-state index contributed by atoms with van der Waals surface area (Å²) in [6.45, 7) is 2.08. The van der Waals surface area contributed by atoms with Crippen LogP contribution < -0.4 is 21.7 Å². The molecule has 1 saturated heterocycles. The normalized spacial score (nSPS) is 15.9. The highest BCUT2D eigenvalue weighted by molar-refractivity contribution is 7.12. The molecule has 9 heteroatoms. The van der Waals surface area contributed by atoms with Crippen LogP contribution in [0.2, 0.25) is 0 Å². The summed E-state index contributed by atoms with van der Waals surface area (Å²) in [4.78, 5) is 34.2.